The molecular formula is C15H16Cl2N2O4. The topological polar surface area (TPSA) is 76.7 Å². The van der Waals surface area contributed by atoms with E-state index in [4.69, 9.17) is 32.7 Å². The SMILES string of the molecule is CCOC(=O)C1=C(C)NC(=O)NC1c1cc(Cl)c(OC)c(Cl)c1. The van der Waals surface area contributed by atoms with Crippen molar-refractivity contribution in [1.82, 2.24) is 10.6 Å². The molecule has 0 bridgehead atoms. The van der Waals surface area contributed by atoms with Crippen molar-refractivity contribution in [1.29, 1.82) is 0 Å². The summed E-state index contributed by atoms with van der Waals surface area (Å²) in [6.07, 6.45) is 0. The van der Waals surface area contributed by atoms with Gasteiger partial charge in [0, 0.05) is 5.70 Å². The number of nitrogens with one attached hydrogen (secondary N) is 2. The van der Waals surface area contributed by atoms with Gasteiger partial charge in [0.15, 0.2) is 5.75 Å². The molecular weight excluding hydrogens is 343 g/mol. The molecule has 1 unspecified atom stereocenters. The fraction of sp³-hybridized carbons (Fsp3) is 0.333. The van der Waals surface area contributed by atoms with Crippen molar-refractivity contribution in [2.45, 2.75) is 19.9 Å². The van der Waals surface area contributed by atoms with Gasteiger partial charge < -0.3 is 20.1 Å². The van der Waals surface area contributed by atoms with Crippen LogP contribution in [0.3, 0.4) is 0 Å². The number of rotatable bonds is 4. The second-order valence-electron chi connectivity index (χ2n) is 4.81. The Hall–Kier alpha value is -1.92. The molecule has 0 saturated carbocycles. The lowest BCUT2D eigenvalue weighted by molar-refractivity contribution is -0.139. The van der Waals surface area contributed by atoms with Gasteiger partial charge in [-0.3, -0.25) is 0 Å². The summed E-state index contributed by atoms with van der Waals surface area (Å²) in [4.78, 5) is 24.0. The van der Waals surface area contributed by atoms with E-state index in [1.807, 2.05) is 0 Å². The molecule has 1 aromatic rings. The van der Waals surface area contributed by atoms with Crippen LogP contribution in [0.25, 0.3) is 0 Å². The molecule has 1 aromatic carbocycles. The summed E-state index contributed by atoms with van der Waals surface area (Å²) in [5.41, 5.74) is 1.27. The maximum Gasteiger partial charge on any atom is 0.338 e. The molecule has 23 heavy (non-hydrogen) atoms. The molecule has 1 heterocycles. The molecule has 2 rings (SSSR count). The third-order valence-corrected chi connectivity index (χ3v) is 3.88. The molecule has 2 amide bonds. The van der Waals surface area contributed by atoms with Gasteiger partial charge in [0.1, 0.15) is 0 Å². The number of esters is 1. The van der Waals surface area contributed by atoms with Gasteiger partial charge in [-0.1, -0.05) is 23.2 Å². The summed E-state index contributed by atoms with van der Waals surface area (Å²) in [6, 6.07) is 2.04. The highest BCUT2D eigenvalue weighted by molar-refractivity contribution is 6.37. The smallest absolute Gasteiger partial charge is 0.338 e. The molecule has 0 aliphatic carbocycles. The molecule has 8 heteroatoms. The Balaban J connectivity index is 2.52. The minimum Gasteiger partial charge on any atom is -0.494 e. The van der Waals surface area contributed by atoms with Gasteiger partial charge in [0.05, 0.1) is 35.4 Å². The van der Waals surface area contributed by atoms with Crippen LogP contribution in [0.15, 0.2) is 23.4 Å². The van der Waals surface area contributed by atoms with Gasteiger partial charge in [0.2, 0.25) is 0 Å². The molecule has 0 fully saturated rings. The second kappa shape index (κ2) is 7.10. The first-order valence-electron chi connectivity index (χ1n) is 6.87. The van der Waals surface area contributed by atoms with Crippen molar-refractivity contribution >= 4 is 35.2 Å². The maximum absolute atomic E-state index is 12.2. The molecule has 1 aliphatic rings. The van der Waals surface area contributed by atoms with E-state index in [0.29, 0.717) is 22.6 Å². The summed E-state index contributed by atoms with van der Waals surface area (Å²) in [6.45, 7) is 3.56. The first kappa shape index (κ1) is 17.4. The number of amides is 2. The van der Waals surface area contributed by atoms with Crippen LogP contribution < -0.4 is 15.4 Å². The Bertz CT molecular complexity index is 665. The lowest BCUT2D eigenvalue weighted by Gasteiger charge is -2.28. The van der Waals surface area contributed by atoms with Crippen molar-refractivity contribution < 1.29 is 19.1 Å². The van der Waals surface area contributed by atoms with Crippen LogP contribution in [0, 0.1) is 0 Å². The van der Waals surface area contributed by atoms with Crippen molar-refractivity contribution in [3.8, 4) is 5.75 Å². The zero-order chi connectivity index (χ0) is 17.1. The molecule has 6 nitrogen and oxygen atoms in total. The van der Waals surface area contributed by atoms with E-state index in [2.05, 4.69) is 10.6 Å². The number of urea groups is 1. The van der Waals surface area contributed by atoms with Gasteiger partial charge in [-0.05, 0) is 31.5 Å². The average Bonchev–Trinajstić information content (AvgIpc) is 2.46. The Morgan fingerprint density at radius 3 is 2.43 bits per heavy atom. The molecule has 2 N–H and O–H groups in total. The van der Waals surface area contributed by atoms with E-state index >= 15 is 0 Å². The van der Waals surface area contributed by atoms with Crippen molar-refractivity contribution in [3.63, 3.8) is 0 Å². The van der Waals surface area contributed by atoms with Crippen LogP contribution in [-0.4, -0.2) is 25.7 Å². The highest BCUT2D eigenvalue weighted by Gasteiger charge is 2.32. The fourth-order valence-corrected chi connectivity index (χ4v) is 3.02. The van der Waals surface area contributed by atoms with Gasteiger partial charge in [-0.25, -0.2) is 9.59 Å². The number of carbonyl (C=O) groups is 2. The van der Waals surface area contributed by atoms with Crippen molar-refractivity contribution in [3.05, 3.63) is 39.0 Å². The van der Waals surface area contributed by atoms with E-state index in [1.165, 1.54) is 7.11 Å². The minimum atomic E-state index is -0.719. The lowest BCUT2D eigenvalue weighted by Crippen LogP contribution is -2.45. The Labute approximate surface area is 143 Å². The largest absolute Gasteiger partial charge is 0.494 e. The summed E-state index contributed by atoms with van der Waals surface area (Å²) in [5, 5.41) is 5.80. The van der Waals surface area contributed by atoms with Crippen LogP contribution in [0.1, 0.15) is 25.5 Å². The predicted molar refractivity (Wildman–Crippen MR) is 86.8 cm³/mol. The first-order valence-corrected chi connectivity index (χ1v) is 7.63. The van der Waals surface area contributed by atoms with Crippen LogP contribution in [0.4, 0.5) is 4.79 Å². The average molecular weight is 359 g/mol. The third-order valence-electron chi connectivity index (χ3n) is 3.32. The van der Waals surface area contributed by atoms with Crippen LogP contribution >= 0.6 is 23.2 Å². The minimum absolute atomic E-state index is 0.223. The summed E-state index contributed by atoms with van der Waals surface area (Å²) in [5.74, 6) is -0.193. The number of benzene rings is 1. The quantitative estimate of drug-likeness (QED) is 0.810. The molecule has 0 spiro atoms. The number of carbonyl (C=O) groups excluding carboxylic acids is 2. The first-order chi connectivity index (χ1) is 10.9. The van der Waals surface area contributed by atoms with Gasteiger partial charge >= 0.3 is 12.0 Å². The molecule has 1 atom stereocenters. The van der Waals surface area contributed by atoms with Crippen molar-refractivity contribution in [2.75, 3.05) is 13.7 Å². The zero-order valence-corrected chi connectivity index (χ0v) is 14.3. The van der Waals surface area contributed by atoms with Crippen LogP contribution in [0.2, 0.25) is 10.0 Å². The number of hydrogen-bond acceptors (Lipinski definition) is 4. The molecule has 1 aliphatic heterocycles. The predicted octanol–water partition coefficient (Wildman–Crippen LogP) is 3.19. The van der Waals surface area contributed by atoms with Gasteiger partial charge in [-0.2, -0.15) is 0 Å². The zero-order valence-electron chi connectivity index (χ0n) is 12.8. The van der Waals surface area contributed by atoms with Gasteiger partial charge in [-0.15, -0.1) is 0 Å². The molecule has 0 saturated heterocycles. The Morgan fingerprint density at radius 1 is 1.30 bits per heavy atom. The van der Waals surface area contributed by atoms with E-state index < -0.39 is 18.0 Å². The number of methoxy groups -OCH3 is 1. The lowest BCUT2D eigenvalue weighted by atomic mass is 9.95. The summed E-state index contributed by atoms with van der Waals surface area (Å²) >= 11 is 12.3. The number of allylic oxidation sites excluding steroid dienone is 1. The summed E-state index contributed by atoms with van der Waals surface area (Å²) in [7, 11) is 1.45. The Morgan fingerprint density at radius 2 is 1.91 bits per heavy atom. The van der Waals surface area contributed by atoms with Gasteiger partial charge in [0.25, 0.3) is 0 Å². The van der Waals surface area contributed by atoms with E-state index in [9.17, 15) is 9.59 Å². The highest BCUT2D eigenvalue weighted by Crippen LogP contribution is 2.38. The van der Waals surface area contributed by atoms with Crippen LogP contribution in [0.5, 0.6) is 5.75 Å². The van der Waals surface area contributed by atoms with E-state index in [1.54, 1.807) is 26.0 Å². The van der Waals surface area contributed by atoms with Crippen molar-refractivity contribution in [2.24, 2.45) is 0 Å². The molecule has 0 radical (unpaired) electrons. The van der Waals surface area contributed by atoms with E-state index in [0.717, 1.165) is 0 Å². The third kappa shape index (κ3) is 3.54. The molecule has 124 valence electrons. The number of halogens is 2. The normalized spacial score (nSPS) is 17.4. The fourth-order valence-electron chi connectivity index (χ4n) is 2.36. The maximum atomic E-state index is 12.2. The Kier molecular flexibility index (Phi) is 5.38. The molecule has 0 aromatic heterocycles. The standard InChI is InChI=1S/C15H16Cl2N2O4/c1-4-23-14(20)11-7(2)18-15(21)19-12(11)8-5-9(16)13(22-3)10(17)6-8/h5-6,12H,4H2,1-3H3,(H2,18,19,21). The number of hydrogen-bond donors (Lipinski definition) is 2. The summed E-state index contributed by atoms with van der Waals surface area (Å²) < 4.78 is 10.2. The van der Waals surface area contributed by atoms with E-state index in [-0.39, 0.29) is 16.7 Å². The number of ether oxygens (including phenoxy) is 2. The van der Waals surface area contributed by atoms with Crippen LogP contribution in [-0.2, 0) is 9.53 Å². The highest BCUT2D eigenvalue weighted by atomic mass is 35.5. The second-order valence-corrected chi connectivity index (χ2v) is 5.62. The monoisotopic (exact) mass is 358 g/mol.